The number of rotatable bonds is 4. The largest absolute Gasteiger partial charge is 0.472 e. The molecule has 5 nitrogen and oxygen atoms in total. The fourth-order valence-corrected chi connectivity index (χ4v) is 1.74. The molecule has 2 rings (SSSR count). The number of nitrogens with zero attached hydrogens (tertiary/aromatic N) is 4. The topological polar surface area (TPSA) is 82.6 Å². The van der Waals surface area contributed by atoms with Crippen LogP contribution in [0.2, 0.25) is 0 Å². The second-order valence-electron chi connectivity index (χ2n) is 4.55. The van der Waals surface area contributed by atoms with Crippen molar-refractivity contribution < 1.29 is 17.9 Å². The van der Waals surface area contributed by atoms with E-state index in [1.807, 2.05) is 0 Å². The minimum Gasteiger partial charge on any atom is -0.472 e. The molecule has 0 aliphatic heterocycles. The summed E-state index contributed by atoms with van der Waals surface area (Å²) in [5, 5.41) is 17.5. The van der Waals surface area contributed by atoms with Gasteiger partial charge in [-0.3, -0.25) is 0 Å². The lowest BCUT2D eigenvalue weighted by Crippen LogP contribution is -2.05. The van der Waals surface area contributed by atoms with Crippen LogP contribution in [0.4, 0.5) is 13.2 Å². The number of ether oxygens (including phenoxy) is 1. The van der Waals surface area contributed by atoms with Crippen LogP contribution < -0.4 is 4.74 Å². The maximum absolute atomic E-state index is 12.5. The molecule has 24 heavy (non-hydrogen) atoms. The van der Waals surface area contributed by atoms with Crippen LogP contribution in [-0.2, 0) is 12.8 Å². The van der Waals surface area contributed by atoms with E-state index in [2.05, 4.69) is 9.97 Å². The van der Waals surface area contributed by atoms with E-state index in [1.165, 1.54) is 30.7 Å². The van der Waals surface area contributed by atoms with Crippen LogP contribution in [0.15, 0.2) is 42.4 Å². The van der Waals surface area contributed by atoms with Gasteiger partial charge in [-0.1, -0.05) is 12.1 Å². The third-order valence-electron chi connectivity index (χ3n) is 2.90. The first-order valence-corrected chi connectivity index (χ1v) is 6.55. The summed E-state index contributed by atoms with van der Waals surface area (Å²) in [7, 11) is 0. The average molecular weight is 330 g/mol. The minimum atomic E-state index is -4.39. The molecule has 0 spiro atoms. The summed E-state index contributed by atoms with van der Waals surface area (Å²) in [4.78, 5) is 7.68. The molecule has 0 bridgehead atoms. The number of allylic oxidation sites excluding steroid dienone is 1. The molecular formula is C16H9F3N4O. The van der Waals surface area contributed by atoms with Gasteiger partial charge in [-0.25, -0.2) is 9.97 Å². The highest BCUT2D eigenvalue weighted by molar-refractivity contribution is 5.64. The summed E-state index contributed by atoms with van der Waals surface area (Å²) in [6, 6.07) is 7.93. The normalized spacial score (nSPS) is 10.4. The second kappa shape index (κ2) is 7.25. The van der Waals surface area contributed by atoms with E-state index >= 15 is 0 Å². The van der Waals surface area contributed by atoms with Gasteiger partial charge in [0.25, 0.3) is 0 Å². The van der Waals surface area contributed by atoms with Crippen molar-refractivity contribution in [3.8, 4) is 18.0 Å². The van der Waals surface area contributed by atoms with E-state index in [9.17, 15) is 13.2 Å². The monoisotopic (exact) mass is 330 g/mol. The van der Waals surface area contributed by atoms with Crippen LogP contribution in [0.5, 0.6) is 5.88 Å². The molecule has 0 saturated heterocycles. The van der Waals surface area contributed by atoms with Gasteiger partial charge in [-0.2, -0.15) is 23.7 Å². The summed E-state index contributed by atoms with van der Waals surface area (Å²) >= 11 is 0. The summed E-state index contributed by atoms with van der Waals surface area (Å²) in [5.41, 5.74) is -0.0615. The van der Waals surface area contributed by atoms with Crippen LogP contribution >= 0.6 is 0 Å². The molecular weight excluding hydrogens is 321 g/mol. The Bertz CT molecular complexity index is 814. The molecule has 8 heteroatoms. The Hall–Kier alpha value is -3.39. The summed E-state index contributed by atoms with van der Waals surface area (Å²) in [6.07, 6.45) is -0.543. The minimum absolute atomic E-state index is 0.0234. The number of hydrogen-bond acceptors (Lipinski definition) is 5. The maximum atomic E-state index is 12.5. The van der Waals surface area contributed by atoms with Crippen LogP contribution in [0.25, 0.3) is 6.08 Å². The Kier molecular flexibility index (Phi) is 5.13. The zero-order chi connectivity index (χ0) is 17.6. The van der Waals surface area contributed by atoms with E-state index < -0.39 is 11.7 Å². The Morgan fingerprint density at radius 1 is 1.17 bits per heavy atom. The Morgan fingerprint density at radius 3 is 2.42 bits per heavy atom. The van der Waals surface area contributed by atoms with Gasteiger partial charge in [-0.15, -0.1) is 0 Å². The summed E-state index contributed by atoms with van der Waals surface area (Å²) < 4.78 is 43.0. The van der Waals surface area contributed by atoms with Gasteiger partial charge in [0.1, 0.15) is 30.6 Å². The van der Waals surface area contributed by atoms with Gasteiger partial charge < -0.3 is 4.74 Å². The SMILES string of the molecule is N#CC(C#N)=Cc1cncnc1OCc1ccc(C(F)(F)F)cc1. The molecule has 0 N–H and O–H groups in total. The van der Waals surface area contributed by atoms with Crippen molar-refractivity contribution in [3.05, 3.63) is 59.1 Å². The second-order valence-corrected chi connectivity index (χ2v) is 4.55. The number of hydrogen-bond donors (Lipinski definition) is 0. The Balaban J connectivity index is 2.15. The molecule has 0 radical (unpaired) electrons. The smallest absolute Gasteiger partial charge is 0.416 e. The van der Waals surface area contributed by atoms with Crippen LogP contribution in [0.3, 0.4) is 0 Å². The van der Waals surface area contributed by atoms with Crippen molar-refractivity contribution >= 4 is 6.08 Å². The summed E-state index contributed by atoms with van der Waals surface area (Å²) in [6.45, 7) is -0.0234. The highest BCUT2D eigenvalue weighted by Crippen LogP contribution is 2.29. The van der Waals surface area contributed by atoms with Gasteiger partial charge in [-0.05, 0) is 23.8 Å². The summed E-state index contributed by atoms with van der Waals surface area (Å²) in [5.74, 6) is 0.118. The van der Waals surface area contributed by atoms with Gasteiger partial charge in [0.2, 0.25) is 5.88 Å². The highest BCUT2D eigenvalue weighted by atomic mass is 19.4. The van der Waals surface area contributed by atoms with Gasteiger partial charge in [0, 0.05) is 6.20 Å². The predicted octanol–water partition coefficient (Wildman–Crippen LogP) is 3.50. The Labute approximate surface area is 135 Å². The molecule has 1 aromatic carbocycles. The lowest BCUT2D eigenvalue weighted by molar-refractivity contribution is -0.137. The number of nitriles is 2. The van der Waals surface area contributed by atoms with Gasteiger partial charge in [0.05, 0.1) is 11.1 Å². The van der Waals surface area contributed by atoms with Crippen molar-refractivity contribution in [2.24, 2.45) is 0 Å². The van der Waals surface area contributed by atoms with Crippen LogP contribution in [0, 0.1) is 22.7 Å². The fraction of sp³-hybridized carbons (Fsp3) is 0.125. The van der Waals surface area contributed by atoms with Crippen molar-refractivity contribution in [2.75, 3.05) is 0 Å². The van der Waals surface area contributed by atoms with Crippen molar-refractivity contribution in [2.45, 2.75) is 12.8 Å². The number of benzene rings is 1. The fourth-order valence-electron chi connectivity index (χ4n) is 1.74. The Morgan fingerprint density at radius 2 is 1.83 bits per heavy atom. The lowest BCUT2D eigenvalue weighted by atomic mass is 10.1. The van der Waals surface area contributed by atoms with Crippen LogP contribution in [0.1, 0.15) is 16.7 Å². The van der Waals surface area contributed by atoms with E-state index in [-0.39, 0.29) is 18.1 Å². The molecule has 0 atom stereocenters. The number of aromatic nitrogens is 2. The first-order valence-electron chi connectivity index (χ1n) is 6.55. The molecule has 120 valence electrons. The van der Waals surface area contributed by atoms with E-state index in [0.29, 0.717) is 11.1 Å². The molecule has 0 amide bonds. The molecule has 2 aromatic rings. The first-order chi connectivity index (χ1) is 11.4. The molecule has 1 aromatic heterocycles. The third kappa shape index (κ3) is 4.31. The zero-order valence-corrected chi connectivity index (χ0v) is 12.1. The third-order valence-corrected chi connectivity index (χ3v) is 2.90. The van der Waals surface area contributed by atoms with Gasteiger partial charge >= 0.3 is 6.18 Å². The van der Waals surface area contributed by atoms with Gasteiger partial charge in [0.15, 0.2) is 0 Å². The van der Waals surface area contributed by atoms with Crippen LogP contribution in [-0.4, -0.2) is 9.97 Å². The maximum Gasteiger partial charge on any atom is 0.416 e. The van der Waals surface area contributed by atoms with E-state index in [4.69, 9.17) is 15.3 Å². The molecule has 0 unspecified atom stereocenters. The molecule has 0 fully saturated rings. The van der Waals surface area contributed by atoms with E-state index in [0.717, 1.165) is 12.1 Å². The van der Waals surface area contributed by atoms with Crippen molar-refractivity contribution in [1.82, 2.24) is 9.97 Å². The number of halogens is 3. The average Bonchev–Trinajstić information content (AvgIpc) is 2.58. The molecule has 0 saturated carbocycles. The molecule has 0 aliphatic carbocycles. The lowest BCUT2D eigenvalue weighted by Gasteiger charge is -2.09. The number of alkyl halides is 3. The van der Waals surface area contributed by atoms with Crippen molar-refractivity contribution in [3.63, 3.8) is 0 Å². The first kappa shape index (κ1) is 17.0. The quantitative estimate of drug-likeness (QED) is 0.801. The molecule has 0 aliphatic rings. The highest BCUT2D eigenvalue weighted by Gasteiger charge is 2.29. The molecule has 1 heterocycles. The van der Waals surface area contributed by atoms with E-state index in [1.54, 1.807) is 12.1 Å². The zero-order valence-electron chi connectivity index (χ0n) is 12.1. The predicted molar refractivity (Wildman–Crippen MR) is 77.0 cm³/mol. The van der Waals surface area contributed by atoms with Crippen molar-refractivity contribution in [1.29, 1.82) is 10.5 Å². The standard InChI is InChI=1S/C16H9F3N4O/c17-16(18,19)14-3-1-11(2-4-14)9-24-15-13(8-22-10-23-15)5-12(6-20)7-21/h1-5,8,10H,9H2.